The summed E-state index contributed by atoms with van der Waals surface area (Å²) in [5.41, 5.74) is 3.29. The number of para-hydroxylation sites is 3. The van der Waals surface area contributed by atoms with Gasteiger partial charge in [-0.3, -0.25) is 9.59 Å². The molecule has 2 amide bonds. The zero-order valence-electron chi connectivity index (χ0n) is 19.6. The van der Waals surface area contributed by atoms with Gasteiger partial charge in [0.25, 0.3) is 5.91 Å². The molecule has 0 spiro atoms. The molecule has 35 heavy (non-hydrogen) atoms. The smallest absolute Gasteiger partial charge is 0.291 e. The van der Waals surface area contributed by atoms with Gasteiger partial charge in [-0.25, -0.2) is 0 Å². The van der Waals surface area contributed by atoms with Crippen LogP contribution in [0, 0.1) is 0 Å². The van der Waals surface area contributed by atoms with Gasteiger partial charge in [0.05, 0.1) is 19.2 Å². The minimum atomic E-state index is -0.307. The number of amides is 2. The second-order valence-corrected chi connectivity index (χ2v) is 8.52. The molecule has 0 bridgehead atoms. The minimum absolute atomic E-state index is 0.101. The Hall–Kier alpha value is -4.26. The molecule has 0 unspecified atom stereocenters. The molecule has 1 fully saturated rings. The number of fused-ring (bicyclic) bond motifs is 1. The molecule has 3 aromatic carbocycles. The average Bonchev–Trinajstić information content (AvgIpc) is 3.34. The van der Waals surface area contributed by atoms with E-state index in [2.05, 4.69) is 10.2 Å². The third-order valence-electron chi connectivity index (χ3n) is 6.27. The molecule has 1 N–H and O–H groups in total. The lowest BCUT2D eigenvalue weighted by molar-refractivity contribution is -0.130. The number of furan rings is 1. The van der Waals surface area contributed by atoms with Gasteiger partial charge in [-0.15, -0.1) is 0 Å². The van der Waals surface area contributed by atoms with Crippen molar-refractivity contribution >= 4 is 34.2 Å². The van der Waals surface area contributed by atoms with E-state index < -0.39 is 0 Å². The van der Waals surface area contributed by atoms with Crippen molar-refractivity contribution in [3.8, 4) is 5.75 Å². The van der Waals surface area contributed by atoms with Crippen LogP contribution in [0.4, 0.5) is 11.4 Å². The molecule has 2 heterocycles. The fourth-order valence-corrected chi connectivity index (χ4v) is 4.37. The number of benzene rings is 3. The Morgan fingerprint density at radius 1 is 0.914 bits per heavy atom. The summed E-state index contributed by atoms with van der Waals surface area (Å²) in [5.74, 6) is 0.902. The number of ether oxygens (including phenoxy) is 1. The number of carbonyl (C=O) groups excluding carboxylic acids is 2. The number of hydrogen-bond acceptors (Lipinski definition) is 5. The SMILES string of the molecule is COc1ccccc1N1CCN(C(=O)Cc2ccc(NC(=O)c3cc4ccccc4o3)cc2)CC1. The van der Waals surface area contributed by atoms with Crippen molar-refractivity contribution in [1.82, 2.24) is 4.90 Å². The Kier molecular flexibility index (Phi) is 6.39. The largest absolute Gasteiger partial charge is 0.495 e. The highest BCUT2D eigenvalue weighted by molar-refractivity contribution is 6.04. The lowest BCUT2D eigenvalue weighted by atomic mass is 10.1. The van der Waals surface area contributed by atoms with Crippen LogP contribution < -0.4 is 15.0 Å². The van der Waals surface area contributed by atoms with Crippen LogP contribution in [-0.2, 0) is 11.2 Å². The molecular formula is C28H27N3O4. The van der Waals surface area contributed by atoms with Crippen molar-refractivity contribution < 1.29 is 18.7 Å². The fourth-order valence-electron chi connectivity index (χ4n) is 4.37. The zero-order valence-corrected chi connectivity index (χ0v) is 19.6. The van der Waals surface area contributed by atoms with Crippen LogP contribution in [0.15, 0.2) is 83.3 Å². The first-order valence-electron chi connectivity index (χ1n) is 11.7. The standard InChI is InChI=1S/C28H27N3O4/c1-34-25-9-5-3-7-23(25)30-14-16-31(17-15-30)27(32)18-20-10-12-22(13-11-20)29-28(33)26-19-21-6-2-4-8-24(21)35-26/h2-13,19H,14-18H2,1H3,(H,29,33). The summed E-state index contributed by atoms with van der Waals surface area (Å²) in [6, 6.07) is 24.5. The second kappa shape index (κ2) is 9.93. The summed E-state index contributed by atoms with van der Waals surface area (Å²) in [6.45, 7) is 2.86. The quantitative estimate of drug-likeness (QED) is 0.447. The summed E-state index contributed by atoms with van der Waals surface area (Å²) in [4.78, 5) is 29.6. The minimum Gasteiger partial charge on any atom is -0.495 e. The second-order valence-electron chi connectivity index (χ2n) is 8.52. The van der Waals surface area contributed by atoms with Crippen LogP contribution >= 0.6 is 0 Å². The zero-order chi connectivity index (χ0) is 24.2. The van der Waals surface area contributed by atoms with Gasteiger partial charge in [-0.05, 0) is 42.0 Å². The van der Waals surface area contributed by atoms with Gasteiger partial charge in [-0.2, -0.15) is 0 Å². The van der Waals surface area contributed by atoms with E-state index in [1.54, 1.807) is 13.2 Å². The van der Waals surface area contributed by atoms with E-state index in [-0.39, 0.29) is 17.6 Å². The van der Waals surface area contributed by atoms with Crippen molar-refractivity contribution in [2.24, 2.45) is 0 Å². The molecule has 4 aromatic rings. The maximum atomic E-state index is 12.9. The Labute approximate surface area is 203 Å². The highest BCUT2D eigenvalue weighted by Gasteiger charge is 2.23. The molecule has 1 aromatic heterocycles. The number of carbonyl (C=O) groups is 2. The van der Waals surface area contributed by atoms with Crippen LogP contribution in [0.5, 0.6) is 5.75 Å². The molecule has 178 valence electrons. The molecule has 5 rings (SSSR count). The molecule has 7 heteroatoms. The van der Waals surface area contributed by atoms with Gasteiger partial charge in [-0.1, -0.05) is 42.5 Å². The van der Waals surface area contributed by atoms with Crippen molar-refractivity contribution in [1.29, 1.82) is 0 Å². The molecule has 0 saturated carbocycles. The molecule has 7 nitrogen and oxygen atoms in total. The van der Waals surface area contributed by atoms with Crippen LogP contribution in [-0.4, -0.2) is 50.0 Å². The van der Waals surface area contributed by atoms with E-state index in [0.717, 1.165) is 35.5 Å². The number of nitrogens with one attached hydrogen (secondary N) is 1. The van der Waals surface area contributed by atoms with Crippen LogP contribution in [0.3, 0.4) is 0 Å². The Morgan fingerprint density at radius 3 is 2.37 bits per heavy atom. The normalized spacial score (nSPS) is 13.6. The maximum Gasteiger partial charge on any atom is 0.291 e. The van der Waals surface area contributed by atoms with E-state index in [0.29, 0.717) is 30.8 Å². The van der Waals surface area contributed by atoms with Gasteiger partial charge in [0, 0.05) is 37.3 Å². The molecule has 1 aliphatic rings. The fraction of sp³-hybridized carbons (Fsp3) is 0.214. The number of methoxy groups -OCH3 is 1. The molecular weight excluding hydrogens is 442 g/mol. The third-order valence-corrected chi connectivity index (χ3v) is 6.27. The predicted octanol–water partition coefficient (Wildman–Crippen LogP) is 4.59. The van der Waals surface area contributed by atoms with Gasteiger partial charge >= 0.3 is 0 Å². The highest BCUT2D eigenvalue weighted by atomic mass is 16.5. The first-order valence-corrected chi connectivity index (χ1v) is 11.7. The lowest BCUT2D eigenvalue weighted by Gasteiger charge is -2.36. The van der Waals surface area contributed by atoms with Crippen LogP contribution in [0.2, 0.25) is 0 Å². The Balaban J connectivity index is 1.15. The summed E-state index contributed by atoms with van der Waals surface area (Å²) in [6.07, 6.45) is 0.326. The van der Waals surface area contributed by atoms with Crippen LogP contribution in [0.1, 0.15) is 16.1 Å². The monoisotopic (exact) mass is 469 g/mol. The predicted molar refractivity (Wildman–Crippen MR) is 136 cm³/mol. The highest BCUT2D eigenvalue weighted by Crippen LogP contribution is 2.28. The Morgan fingerprint density at radius 2 is 1.63 bits per heavy atom. The van der Waals surface area contributed by atoms with E-state index in [4.69, 9.17) is 9.15 Å². The van der Waals surface area contributed by atoms with E-state index in [9.17, 15) is 9.59 Å². The van der Waals surface area contributed by atoms with Crippen LogP contribution in [0.25, 0.3) is 11.0 Å². The molecule has 0 aliphatic carbocycles. The van der Waals surface area contributed by atoms with Crippen molar-refractivity contribution in [3.05, 3.63) is 90.2 Å². The number of hydrogen-bond donors (Lipinski definition) is 1. The first kappa shape index (κ1) is 22.5. The van der Waals surface area contributed by atoms with Gasteiger partial charge in [0.1, 0.15) is 11.3 Å². The number of rotatable bonds is 6. The molecule has 1 saturated heterocycles. The topological polar surface area (TPSA) is 75.0 Å². The molecule has 0 atom stereocenters. The maximum absolute atomic E-state index is 12.9. The van der Waals surface area contributed by atoms with Gasteiger partial charge in [0.15, 0.2) is 5.76 Å². The third kappa shape index (κ3) is 4.99. The number of piperazine rings is 1. The first-order chi connectivity index (χ1) is 17.1. The summed E-state index contributed by atoms with van der Waals surface area (Å²) < 4.78 is 11.1. The summed E-state index contributed by atoms with van der Waals surface area (Å²) in [5, 5.41) is 3.73. The van der Waals surface area contributed by atoms with Crippen molar-refractivity contribution in [2.45, 2.75) is 6.42 Å². The molecule has 1 aliphatic heterocycles. The lowest BCUT2D eigenvalue weighted by Crippen LogP contribution is -2.49. The molecule has 0 radical (unpaired) electrons. The number of nitrogens with zero attached hydrogens (tertiary/aromatic N) is 2. The van der Waals surface area contributed by atoms with Gasteiger partial charge in [0.2, 0.25) is 5.91 Å². The van der Waals surface area contributed by atoms with E-state index in [1.165, 1.54) is 0 Å². The average molecular weight is 470 g/mol. The van der Waals surface area contributed by atoms with E-state index in [1.807, 2.05) is 77.7 Å². The van der Waals surface area contributed by atoms with Crippen molar-refractivity contribution in [2.75, 3.05) is 43.5 Å². The van der Waals surface area contributed by atoms with Gasteiger partial charge < -0.3 is 24.3 Å². The summed E-state index contributed by atoms with van der Waals surface area (Å²) in [7, 11) is 1.67. The van der Waals surface area contributed by atoms with E-state index >= 15 is 0 Å². The Bertz CT molecular complexity index is 1300. The summed E-state index contributed by atoms with van der Waals surface area (Å²) >= 11 is 0. The number of anilines is 2. The van der Waals surface area contributed by atoms with Crippen molar-refractivity contribution in [3.63, 3.8) is 0 Å².